The monoisotopic (exact) mass is 354 g/mol. The Morgan fingerprint density at radius 2 is 1.72 bits per heavy atom. The van der Waals surface area contributed by atoms with E-state index in [1.54, 1.807) is 7.11 Å². The van der Waals surface area contributed by atoms with Crippen molar-refractivity contribution in [2.45, 2.75) is 13.5 Å². The Labute approximate surface area is 152 Å². The predicted molar refractivity (Wildman–Crippen MR) is 102 cm³/mol. The summed E-state index contributed by atoms with van der Waals surface area (Å²) in [7, 11) is 1.64. The van der Waals surface area contributed by atoms with Crippen LogP contribution in [0.3, 0.4) is 0 Å². The van der Waals surface area contributed by atoms with E-state index in [2.05, 4.69) is 20.6 Å². The molecule has 0 spiro atoms. The van der Waals surface area contributed by atoms with Gasteiger partial charge in [-0.15, -0.1) is 0 Å². The van der Waals surface area contributed by atoms with Crippen LogP contribution in [0.25, 0.3) is 0 Å². The molecule has 0 bridgehead atoms. The van der Waals surface area contributed by atoms with Crippen molar-refractivity contribution in [1.29, 1.82) is 0 Å². The molecule has 1 aromatic heterocycles. The van der Waals surface area contributed by atoms with Crippen molar-refractivity contribution in [3.05, 3.63) is 70.9 Å². The van der Waals surface area contributed by atoms with Gasteiger partial charge < -0.3 is 15.4 Å². The first-order chi connectivity index (χ1) is 12.1. The van der Waals surface area contributed by atoms with Gasteiger partial charge in [0.15, 0.2) is 0 Å². The number of nitrogens with zero attached hydrogens (tertiary/aromatic N) is 2. The average molecular weight is 355 g/mol. The first kappa shape index (κ1) is 17.0. The van der Waals surface area contributed by atoms with Crippen LogP contribution in [0.4, 0.5) is 17.5 Å². The molecule has 3 rings (SSSR count). The van der Waals surface area contributed by atoms with E-state index in [0.717, 1.165) is 33.5 Å². The first-order valence-corrected chi connectivity index (χ1v) is 8.25. The second-order valence-corrected chi connectivity index (χ2v) is 5.99. The molecule has 0 unspecified atom stereocenters. The van der Waals surface area contributed by atoms with Crippen molar-refractivity contribution < 1.29 is 4.74 Å². The van der Waals surface area contributed by atoms with Crippen molar-refractivity contribution in [3.63, 3.8) is 0 Å². The molecule has 0 aliphatic carbocycles. The topological polar surface area (TPSA) is 59.1 Å². The third-order valence-corrected chi connectivity index (χ3v) is 3.84. The summed E-state index contributed by atoms with van der Waals surface area (Å²) in [6.45, 7) is 2.60. The molecule has 5 nitrogen and oxygen atoms in total. The fraction of sp³-hybridized carbons (Fsp3) is 0.158. The van der Waals surface area contributed by atoms with E-state index in [4.69, 9.17) is 16.3 Å². The van der Waals surface area contributed by atoms with Gasteiger partial charge in [0.05, 0.1) is 7.11 Å². The van der Waals surface area contributed by atoms with Gasteiger partial charge in [0.25, 0.3) is 0 Å². The molecule has 6 heteroatoms. The summed E-state index contributed by atoms with van der Waals surface area (Å²) in [5.74, 6) is 2.11. The maximum atomic E-state index is 5.91. The Hall–Kier alpha value is -2.79. The average Bonchev–Trinajstić information content (AvgIpc) is 2.61. The van der Waals surface area contributed by atoms with E-state index < -0.39 is 0 Å². The lowest BCUT2D eigenvalue weighted by atomic mass is 10.2. The van der Waals surface area contributed by atoms with E-state index in [-0.39, 0.29) is 0 Å². The van der Waals surface area contributed by atoms with Crippen LogP contribution >= 0.6 is 11.6 Å². The number of aryl methyl sites for hydroxylation is 1. The molecule has 0 atom stereocenters. The van der Waals surface area contributed by atoms with Gasteiger partial charge in [0.2, 0.25) is 5.95 Å². The molecule has 0 saturated heterocycles. The van der Waals surface area contributed by atoms with E-state index in [1.165, 1.54) is 0 Å². The molecular formula is C19H19ClN4O. The summed E-state index contributed by atoms with van der Waals surface area (Å²) >= 11 is 5.91. The van der Waals surface area contributed by atoms with Gasteiger partial charge in [0.1, 0.15) is 11.6 Å². The van der Waals surface area contributed by atoms with Gasteiger partial charge in [-0.3, -0.25) is 0 Å². The lowest BCUT2D eigenvalue weighted by Crippen LogP contribution is -2.05. The molecule has 3 aromatic rings. The van der Waals surface area contributed by atoms with Crippen molar-refractivity contribution in [2.24, 2.45) is 0 Å². The van der Waals surface area contributed by atoms with Gasteiger partial charge in [-0.05, 0) is 48.9 Å². The summed E-state index contributed by atoms with van der Waals surface area (Å²) in [6, 6.07) is 17.3. The zero-order valence-electron chi connectivity index (χ0n) is 14.1. The van der Waals surface area contributed by atoms with Crippen LogP contribution in [-0.2, 0) is 6.54 Å². The number of methoxy groups -OCH3 is 1. The molecule has 128 valence electrons. The highest BCUT2D eigenvalue weighted by Crippen LogP contribution is 2.19. The molecule has 0 fully saturated rings. The third-order valence-electron chi connectivity index (χ3n) is 3.59. The van der Waals surface area contributed by atoms with Crippen molar-refractivity contribution in [2.75, 3.05) is 17.7 Å². The Morgan fingerprint density at radius 1 is 1.00 bits per heavy atom. The quantitative estimate of drug-likeness (QED) is 0.665. The van der Waals surface area contributed by atoms with Crippen LogP contribution in [0, 0.1) is 6.92 Å². The number of anilines is 3. The number of rotatable bonds is 6. The van der Waals surface area contributed by atoms with E-state index in [1.807, 2.05) is 61.5 Å². The largest absolute Gasteiger partial charge is 0.497 e. The van der Waals surface area contributed by atoms with Crippen molar-refractivity contribution >= 4 is 29.1 Å². The third kappa shape index (κ3) is 4.84. The molecule has 0 radical (unpaired) electrons. The van der Waals surface area contributed by atoms with Gasteiger partial charge in [0, 0.05) is 29.0 Å². The Bertz CT molecular complexity index is 835. The molecule has 0 aliphatic rings. The molecule has 2 N–H and O–H groups in total. The molecule has 0 amide bonds. The van der Waals surface area contributed by atoms with Crippen LogP contribution in [0.1, 0.15) is 11.3 Å². The minimum absolute atomic E-state index is 0.545. The summed E-state index contributed by atoms with van der Waals surface area (Å²) in [5.41, 5.74) is 2.91. The highest BCUT2D eigenvalue weighted by atomic mass is 35.5. The van der Waals surface area contributed by atoms with E-state index >= 15 is 0 Å². The van der Waals surface area contributed by atoms with Gasteiger partial charge in [-0.25, -0.2) is 4.98 Å². The normalized spacial score (nSPS) is 10.4. The first-order valence-electron chi connectivity index (χ1n) is 7.87. The minimum atomic E-state index is 0.545. The van der Waals surface area contributed by atoms with Gasteiger partial charge >= 0.3 is 0 Å². The van der Waals surface area contributed by atoms with Gasteiger partial charge in [-0.1, -0.05) is 23.7 Å². The summed E-state index contributed by atoms with van der Waals surface area (Å²) < 4.78 is 5.16. The van der Waals surface area contributed by atoms with Gasteiger partial charge in [-0.2, -0.15) is 4.98 Å². The van der Waals surface area contributed by atoms with E-state index in [0.29, 0.717) is 12.5 Å². The van der Waals surface area contributed by atoms with E-state index in [9.17, 15) is 0 Å². The van der Waals surface area contributed by atoms with Crippen molar-refractivity contribution in [3.8, 4) is 5.75 Å². The second kappa shape index (κ2) is 7.85. The number of ether oxygens (including phenoxy) is 1. The fourth-order valence-electron chi connectivity index (χ4n) is 2.31. The van der Waals surface area contributed by atoms with Crippen LogP contribution in [-0.4, -0.2) is 17.1 Å². The van der Waals surface area contributed by atoms with Crippen LogP contribution in [0.2, 0.25) is 5.02 Å². The number of hydrogen-bond donors (Lipinski definition) is 2. The second-order valence-electron chi connectivity index (χ2n) is 5.55. The number of nitrogens with one attached hydrogen (secondary N) is 2. The van der Waals surface area contributed by atoms with Crippen LogP contribution < -0.4 is 15.4 Å². The van der Waals surface area contributed by atoms with Crippen molar-refractivity contribution in [1.82, 2.24) is 9.97 Å². The predicted octanol–water partition coefficient (Wildman–Crippen LogP) is 4.80. The zero-order chi connectivity index (χ0) is 17.6. The molecular weight excluding hydrogens is 336 g/mol. The number of benzene rings is 2. The molecule has 1 heterocycles. The highest BCUT2D eigenvalue weighted by molar-refractivity contribution is 6.30. The standard InChI is InChI=1S/C19H19ClN4O/c1-13-11-18(21-12-14-3-5-15(20)6-4-14)24-19(22-13)23-16-7-9-17(25-2)10-8-16/h3-11H,12H2,1-2H3,(H2,21,22,23,24). The highest BCUT2D eigenvalue weighted by Gasteiger charge is 2.04. The summed E-state index contributed by atoms with van der Waals surface area (Å²) in [4.78, 5) is 8.94. The smallest absolute Gasteiger partial charge is 0.229 e. The number of hydrogen-bond acceptors (Lipinski definition) is 5. The minimum Gasteiger partial charge on any atom is -0.497 e. The fourth-order valence-corrected chi connectivity index (χ4v) is 2.44. The summed E-state index contributed by atoms with van der Waals surface area (Å²) in [5, 5.41) is 7.25. The van der Waals surface area contributed by atoms with Crippen LogP contribution in [0.5, 0.6) is 5.75 Å². The summed E-state index contributed by atoms with van der Waals surface area (Å²) in [6.07, 6.45) is 0. The maximum absolute atomic E-state index is 5.91. The number of halogens is 1. The Balaban J connectivity index is 1.69. The van der Waals surface area contributed by atoms with Crippen LogP contribution in [0.15, 0.2) is 54.6 Å². The number of aromatic nitrogens is 2. The molecule has 25 heavy (non-hydrogen) atoms. The lowest BCUT2D eigenvalue weighted by Gasteiger charge is -2.10. The molecule has 0 saturated carbocycles. The zero-order valence-corrected chi connectivity index (χ0v) is 14.8. The SMILES string of the molecule is COc1ccc(Nc2nc(C)cc(NCc3ccc(Cl)cc3)n2)cc1. The molecule has 2 aromatic carbocycles. The lowest BCUT2D eigenvalue weighted by molar-refractivity contribution is 0.415. The Kier molecular flexibility index (Phi) is 5.36. The maximum Gasteiger partial charge on any atom is 0.229 e. The molecule has 0 aliphatic heterocycles. The Morgan fingerprint density at radius 3 is 2.40 bits per heavy atom.